The molecule has 140 valence electrons. The molecule has 1 heterocycles. The number of amides is 1. The Morgan fingerprint density at radius 3 is 2.70 bits per heavy atom. The van der Waals surface area contributed by atoms with E-state index in [1.54, 1.807) is 18.2 Å². The third-order valence-electron chi connectivity index (χ3n) is 3.74. The van der Waals surface area contributed by atoms with Crippen molar-refractivity contribution in [3.63, 3.8) is 0 Å². The van der Waals surface area contributed by atoms with Gasteiger partial charge in [0.25, 0.3) is 0 Å². The summed E-state index contributed by atoms with van der Waals surface area (Å²) in [6.07, 6.45) is 0. The standard InChI is InChI=1S/C18H17ClN4O3S/c1-2-23-17(12-5-3-4-6-14(12)24)21-22-18(23)27-10-16(26)20-13-9-11(19)7-8-15(13)25/h3-9,24-25H,2,10H2,1H3,(H,20,26). The van der Waals surface area contributed by atoms with Crippen LogP contribution in [0.4, 0.5) is 5.69 Å². The minimum absolute atomic E-state index is 0.0590. The van der Waals surface area contributed by atoms with Crippen LogP contribution < -0.4 is 5.32 Å². The molecule has 3 aromatic rings. The molecule has 27 heavy (non-hydrogen) atoms. The lowest BCUT2D eigenvalue weighted by atomic mass is 10.2. The van der Waals surface area contributed by atoms with Crippen LogP contribution in [-0.2, 0) is 11.3 Å². The fourth-order valence-electron chi connectivity index (χ4n) is 2.47. The number of phenols is 2. The number of halogens is 1. The van der Waals surface area contributed by atoms with Gasteiger partial charge in [0.15, 0.2) is 11.0 Å². The highest BCUT2D eigenvalue weighted by Crippen LogP contribution is 2.30. The molecule has 0 bridgehead atoms. The van der Waals surface area contributed by atoms with Crippen molar-refractivity contribution < 1.29 is 15.0 Å². The molecule has 0 aliphatic carbocycles. The maximum Gasteiger partial charge on any atom is 0.234 e. The number of hydrogen-bond acceptors (Lipinski definition) is 6. The van der Waals surface area contributed by atoms with Gasteiger partial charge >= 0.3 is 0 Å². The molecule has 0 aliphatic heterocycles. The number of aromatic hydroxyl groups is 2. The molecule has 3 N–H and O–H groups in total. The zero-order chi connectivity index (χ0) is 19.4. The number of nitrogens with one attached hydrogen (secondary N) is 1. The molecular weight excluding hydrogens is 388 g/mol. The predicted octanol–water partition coefficient (Wildman–Crippen LogP) is 3.76. The number of rotatable bonds is 6. The summed E-state index contributed by atoms with van der Waals surface area (Å²) in [5, 5.41) is 31.7. The van der Waals surface area contributed by atoms with E-state index < -0.39 is 0 Å². The number of anilines is 1. The van der Waals surface area contributed by atoms with Crippen LogP contribution in [0, 0.1) is 0 Å². The van der Waals surface area contributed by atoms with Crippen LogP contribution in [0.2, 0.25) is 5.02 Å². The number of hydrogen-bond donors (Lipinski definition) is 3. The van der Waals surface area contributed by atoms with E-state index in [4.69, 9.17) is 11.6 Å². The van der Waals surface area contributed by atoms with Crippen LogP contribution in [0.5, 0.6) is 11.5 Å². The molecule has 0 spiro atoms. The van der Waals surface area contributed by atoms with Crippen molar-refractivity contribution in [2.24, 2.45) is 0 Å². The Morgan fingerprint density at radius 2 is 1.96 bits per heavy atom. The van der Waals surface area contributed by atoms with Crippen LogP contribution in [-0.4, -0.2) is 36.6 Å². The molecule has 9 heteroatoms. The summed E-state index contributed by atoms with van der Waals surface area (Å²) in [5.74, 6) is 0.352. The van der Waals surface area contributed by atoms with Gasteiger partial charge in [-0.2, -0.15) is 0 Å². The SMILES string of the molecule is CCn1c(SCC(=O)Nc2cc(Cl)ccc2O)nnc1-c1ccccc1O. The summed E-state index contributed by atoms with van der Waals surface area (Å²) in [7, 11) is 0. The summed E-state index contributed by atoms with van der Waals surface area (Å²) in [6.45, 7) is 2.51. The van der Waals surface area contributed by atoms with Crippen LogP contribution >= 0.6 is 23.4 Å². The molecule has 0 fully saturated rings. The zero-order valence-electron chi connectivity index (χ0n) is 14.4. The van der Waals surface area contributed by atoms with Crippen molar-refractivity contribution in [1.29, 1.82) is 0 Å². The molecule has 7 nitrogen and oxygen atoms in total. The van der Waals surface area contributed by atoms with E-state index in [1.807, 2.05) is 17.6 Å². The number of nitrogens with zero attached hydrogens (tertiary/aromatic N) is 3. The van der Waals surface area contributed by atoms with Crippen molar-refractivity contribution in [2.75, 3.05) is 11.1 Å². The largest absolute Gasteiger partial charge is 0.507 e. The second-order valence-electron chi connectivity index (χ2n) is 5.57. The van der Waals surface area contributed by atoms with E-state index >= 15 is 0 Å². The van der Waals surface area contributed by atoms with Crippen molar-refractivity contribution in [3.05, 3.63) is 47.5 Å². The lowest BCUT2D eigenvalue weighted by Crippen LogP contribution is -2.14. The molecule has 1 amide bonds. The molecule has 0 saturated heterocycles. The first-order chi connectivity index (χ1) is 13.0. The van der Waals surface area contributed by atoms with E-state index in [0.717, 1.165) is 0 Å². The molecule has 0 radical (unpaired) electrons. The van der Waals surface area contributed by atoms with Crippen LogP contribution in [0.3, 0.4) is 0 Å². The first-order valence-corrected chi connectivity index (χ1v) is 9.48. The lowest BCUT2D eigenvalue weighted by Gasteiger charge is -2.09. The van der Waals surface area contributed by atoms with Crippen molar-refractivity contribution >= 4 is 35.0 Å². The predicted molar refractivity (Wildman–Crippen MR) is 105 cm³/mol. The molecule has 1 aromatic heterocycles. The monoisotopic (exact) mass is 404 g/mol. The Bertz CT molecular complexity index is 977. The summed E-state index contributed by atoms with van der Waals surface area (Å²) < 4.78 is 1.82. The van der Waals surface area contributed by atoms with E-state index in [-0.39, 0.29) is 28.8 Å². The minimum atomic E-state index is -0.313. The van der Waals surface area contributed by atoms with Gasteiger partial charge in [-0.05, 0) is 37.3 Å². The van der Waals surface area contributed by atoms with Gasteiger partial charge in [0, 0.05) is 11.6 Å². The van der Waals surface area contributed by atoms with E-state index in [1.165, 1.54) is 30.0 Å². The average Bonchev–Trinajstić information content (AvgIpc) is 3.06. The molecule has 0 atom stereocenters. The number of carbonyl (C=O) groups excluding carboxylic acids is 1. The van der Waals surface area contributed by atoms with Crippen LogP contribution in [0.1, 0.15) is 6.92 Å². The fraction of sp³-hybridized carbons (Fsp3) is 0.167. The topological polar surface area (TPSA) is 100 Å². The molecule has 0 saturated carbocycles. The summed E-state index contributed by atoms with van der Waals surface area (Å²) in [5.41, 5.74) is 0.826. The Morgan fingerprint density at radius 1 is 1.19 bits per heavy atom. The lowest BCUT2D eigenvalue weighted by molar-refractivity contribution is -0.113. The van der Waals surface area contributed by atoms with Gasteiger partial charge in [-0.1, -0.05) is 35.5 Å². The van der Waals surface area contributed by atoms with E-state index in [2.05, 4.69) is 15.5 Å². The van der Waals surface area contributed by atoms with Gasteiger partial charge < -0.3 is 20.1 Å². The smallest absolute Gasteiger partial charge is 0.234 e. The number of carbonyl (C=O) groups is 1. The number of aromatic nitrogens is 3. The number of thioether (sulfide) groups is 1. The van der Waals surface area contributed by atoms with Crippen LogP contribution in [0.25, 0.3) is 11.4 Å². The normalized spacial score (nSPS) is 10.7. The van der Waals surface area contributed by atoms with Crippen LogP contribution in [0.15, 0.2) is 47.6 Å². The summed E-state index contributed by atoms with van der Waals surface area (Å²) in [6, 6.07) is 11.3. The molecule has 3 rings (SSSR count). The van der Waals surface area contributed by atoms with Gasteiger partial charge in [0.05, 0.1) is 17.0 Å². The number of phenolic OH excluding ortho intramolecular Hbond substituents is 2. The Kier molecular flexibility index (Phi) is 5.88. The number of para-hydroxylation sites is 1. The van der Waals surface area contributed by atoms with E-state index in [0.29, 0.717) is 28.1 Å². The van der Waals surface area contributed by atoms with Gasteiger partial charge in [-0.3, -0.25) is 4.79 Å². The van der Waals surface area contributed by atoms with E-state index in [9.17, 15) is 15.0 Å². The third kappa shape index (κ3) is 4.35. The summed E-state index contributed by atoms with van der Waals surface area (Å²) in [4.78, 5) is 12.2. The van der Waals surface area contributed by atoms with Gasteiger partial charge in [0.1, 0.15) is 11.5 Å². The van der Waals surface area contributed by atoms with Crippen molar-refractivity contribution in [1.82, 2.24) is 14.8 Å². The van der Waals surface area contributed by atoms with Gasteiger partial charge in [0.2, 0.25) is 5.91 Å². The summed E-state index contributed by atoms with van der Waals surface area (Å²) >= 11 is 7.09. The minimum Gasteiger partial charge on any atom is -0.507 e. The maximum atomic E-state index is 12.2. The Hall–Kier alpha value is -2.71. The highest BCUT2D eigenvalue weighted by atomic mass is 35.5. The number of benzene rings is 2. The Labute approximate surface area is 165 Å². The fourth-order valence-corrected chi connectivity index (χ4v) is 3.44. The quantitative estimate of drug-likeness (QED) is 0.427. The van der Waals surface area contributed by atoms with Crippen molar-refractivity contribution in [2.45, 2.75) is 18.6 Å². The average molecular weight is 405 g/mol. The second-order valence-corrected chi connectivity index (χ2v) is 6.94. The highest BCUT2D eigenvalue weighted by Gasteiger charge is 2.17. The Balaban J connectivity index is 1.72. The van der Waals surface area contributed by atoms with Gasteiger partial charge in [-0.15, -0.1) is 10.2 Å². The first kappa shape index (κ1) is 19.1. The van der Waals surface area contributed by atoms with Gasteiger partial charge in [-0.25, -0.2) is 0 Å². The highest BCUT2D eigenvalue weighted by molar-refractivity contribution is 7.99. The first-order valence-electron chi connectivity index (χ1n) is 8.12. The third-order valence-corrected chi connectivity index (χ3v) is 4.94. The molecule has 0 aliphatic rings. The molecule has 2 aromatic carbocycles. The maximum absolute atomic E-state index is 12.2. The zero-order valence-corrected chi connectivity index (χ0v) is 16.0. The molecular formula is C18H17ClN4O3S. The second kappa shape index (κ2) is 8.32. The van der Waals surface area contributed by atoms with Crippen molar-refractivity contribution in [3.8, 4) is 22.9 Å². The molecule has 0 unspecified atom stereocenters.